The number of fused-ring (bicyclic) bond motifs is 2. The van der Waals surface area contributed by atoms with Crippen molar-refractivity contribution in [2.45, 2.75) is 48.5 Å². The number of hydrogen-bond donors (Lipinski definition) is 0. The maximum atomic E-state index is 6.64. The van der Waals surface area contributed by atoms with E-state index in [0.29, 0.717) is 0 Å². The minimum absolute atomic E-state index is 0.936. The van der Waals surface area contributed by atoms with Crippen LogP contribution in [0.1, 0.15) is 47.1 Å². The Morgan fingerprint density at radius 1 is 0.667 bits per heavy atom. The molecule has 4 nitrogen and oxygen atoms in total. The van der Waals surface area contributed by atoms with E-state index in [2.05, 4.69) is 117 Å². The van der Waals surface area contributed by atoms with Crippen LogP contribution in [0.3, 0.4) is 0 Å². The lowest BCUT2D eigenvalue weighted by Crippen LogP contribution is -2.29. The second-order valence-corrected chi connectivity index (χ2v) is 9.35. The number of anilines is 2. The standard InChI is InChI=1S/C32H42N3O/c1-8-33(9-2)24-14-17-27(23(7)20-24)32-28-18-15-25(34(10-3)11-4)21-30(28)36-31-22-26(16-19-29(31)32)35(12-5)13-6/h14-22H,8-13H2,1-7H3/q+1. The lowest BCUT2D eigenvalue weighted by Gasteiger charge is -2.24. The quantitative estimate of drug-likeness (QED) is 0.188. The molecular weight excluding hydrogens is 442 g/mol. The second-order valence-electron chi connectivity index (χ2n) is 9.35. The molecule has 0 radical (unpaired) electrons. The first-order valence-corrected chi connectivity index (χ1v) is 13.7. The van der Waals surface area contributed by atoms with Crippen LogP contribution in [0.4, 0.5) is 11.4 Å². The number of benzene rings is 3. The molecule has 0 aromatic heterocycles. The summed E-state index contributed by atoms with van der Waals surface area (Å²) in [4.78, 5) is 4.77. The normalized spacial score (nSPS) is 11.3. The van der Waals surface area contributed by atoms with E-state index in [1.807, 2.05) is 0 Å². The van der Waals surface area contributed by atoms with Crippen LogP contribution in [0.2, 0.25) is 0 Å². The molecule has 4 heteroatoms. The number of aryl methyl sites for hydroxylation is 1. The van der Waals surface area contributed by atoms with Crippen LogP contribution in [0.5, 0.6) is 0 Å². The fraction of sp³-hybridized carbons (Fsp3) is 0.406. The zero-order valence-corrected chi connectivity index (χ0v) is 23.2. The maximum Gasteiger partial charge on any atom is 0.203 e. The summed E-state index contributed by atoms with van der Waals surface area (Å²) in [5, 5.41) is 2.36. The van der Waals surface area contributed by atoms with Crippen molar-refractivity contribution in [3.8, 4) is 22.5 Å². The first-order chi connectivity index (χ1) is 17.5. The molecule has 0 spiro atoms. The minimum Gasteiger partial charge on any atom is -0.456 e. The van der Waals surface area contributed by atoms with Gasteiger partial charge in [-0.1, -0.05) is 6.07 Å². The van der Waals surface area contributed by atoms with Gasteiger partial charge in [-0.3, -0.25) is 0 Å². The van der Waals surface area contributed by atoms with Gasteiger partial charge in [-0.05, 0) is 89.9 Å². The minimum atomic E-state index is 0.936. The molecule has 0 amide bonds. The highest BCUT2D eigenvalue weighted by atomic mass is 16.3. The Kier molecular flexibility index (Phi) is 8.03. The lowest BCUT2D eigenvalue weighted by molar-refractivity contribution is 0.604. The van der Waals surface area contributed by atoms with Crippen LogP contribution in [0.15, 0.2) is 59.0 Å². The highest BCUT2D eigenvalue weighted by Crippen LogP contribution is 2.42. The van der Waals surface area contributed by atoms with Crippen LogP contribution < -0.4 is 19.7 Å². The molecule has 0 saturated carbocycles. The van der Waals surface area contributed by atoms with Crippen molar-refractivity contribution >= 4 is 22.3 Å². The third kappa shape index (κ3) is 4.74. The molecule has 1 aliphatic carbocycles. The number of nitrogens with zero attached hydrogens (tertiary/aromatic N) is 3. The van der Waals surface area contributed by atoms with Gasteiger partial charge in [0.05, 0.1) is 6.07 Å². The highest BCUT2D eigenvalue weighted by Gasteiger charge is 2.20. The molecule has 1 aliphatic heterocycles. The van der Waals surface area contributed by atoms with Gasteiger partial charge in [0, 0.05) is 66.2 Å². The smallest absolute Gasteiger partial charge is 0.203 e. The Balaban J connectivity index is 2.04. The molecule has 190 valence electrons. The summed E-state index contributed by atoms with van der Waals surface area (Å²) in [5.74, 6) is 0.936. The van der Waals surface area contributed by atoms with Gasteiger partial charge in [0.1, 0.15) is 24.4 Å². The second kappa shape index (κ2) is 11.2. The van der Waals surface area contributed by atoms with Crippen molar-refractivity contribution in [3.05, 3.63) is 65.5 Å². The van der Waals surface area contributed by atoms with Gasteiger partial charge in [-0.25, -0.2) is 4.58 Å². The lowest BCUT2D eigenvalue weighted by atomic mass is 9.90. The zero-order chi connectivity index (χ0) is 25.8. The summed E-state index contributed by atoms with van der Waals surface area (Å²) >= 11 is 0. The molecule has 1 heterocycles. The molecule has 36 heavy (non-hydrogen) atoms. The Bertz CT molecular complexity index is 1370. The van der Waals surface area contributed by atoms with Gasteiger partial charge in [-0.2, -0.15) is 0 Å². The van der Waals surface area contributed by atoms with Crippen LogP contribution in [-0.4, -0.2) is 39.3 Å². The molecule has 0 unspecified atom stereocenters. The number of hydrogen-bond acceptors (Lipinski definition) is 3. The first kappa shape index (κ1) is 25.8. The van der Waals surface area contributed by atoms with Crippen LogP contribution in [-0.2, 0) is 0 Å². The predicted octanol–water partition coefficient (Wildman–Crippen LogP) is 7.02. The molecule has 0 fully saturated rings. The molecule has 2 aromatic rings. The van der Waals surface area contributed by atoms with Gasteiger partial charge in [0.25, 0.3) is 0 Å². The Morgan fingerprint density at radius 3 is 1.83 bits per heavy atom. The average Bonchev–Trinajstić information content (AvgIpc) is 2.90. The van der Waals surface area contributed by atoms with Crippen LogP contribution in [0.25, 0.3) is 33.4 Å². The van der Waals surface area contributed by atoms with Crippen molar-refractivity contribution in [3.63, 3.8) is 0 Å². The summed E-state index contributed by atoms with van der Waals surface area (Å²) in [5.41, 5.74) is 8.39. The summed E-state index contributed by atoms with van der Waals surface area (Å²) < 4.78 is 9.01. The Morgan fingerprint density at radius 2 is 1.25 bits per heavy atom. The van der Waals surface area contributed by atoms with Crippen molar-refractivity contribution in [2.75, 3.05) is 49.1 Å². The molecule has 2 aromatic carbocycles. The van der Waals surface area contributed by atoms with E-state index < -0.39 is 0 Å². The molecule has 0 saturated heterocycles. The van der Waals surface area contributed by atoms with Gasteiger partial charge in [0.2, 0.25) is 5.36 Å². The summed E-state index contributed by atoms with van der Waals surface area (Å²) in [7, 11) is 0. The zero-order valence-electron chi connectivity index (χ0n) is 23.2. The topological polar surface area (TPSA) is 22.6 Å². The van der Waals surface area contributed by atoms with Gasteiger partial charge < -0.3 is 14.2 Å². The molecule has 2 aliphatic rings. The Labute approximate surface area is 216 Å². The fourth-order valence-corrected chi connectivity index (χ4v) is 5.44. The third-order valence-corrected chi connectivity index (χ3v) is 7.55. The van der Waals surface area contributed by atoms with Crippen molar-refractivity contribution in [1.29, 1.82) is 0 Å². The Hall–Kier alpha value is -3.27. The van der Waals surface area contributed by atoms with Crippen LogP contribution >= 0.6 is 0 Å². The van der Waals surface area contributed by atoms with Crippen molar-refractivity contribution in [1.82, 2.24) is 4.58 Å². The fourth-order valence-electron chi connectivity index (χ4n) is 5.44. The van der Waals surface area contributed by atoms with Gasteiger partial charge >= 0.3 is 0 Å². The SMILES string of the molecule is CCN(CC)c1ccc(-c2c3ccc(=[N+](CC)CC)cc-3oc3cc(N(CC)CC)ccc23)c(C)c1. The summed E-state index contributed by atoms with van der Waals surface area (Å²) in [6.07, 6.45) is 0. The summed E-state index contributed by atoms with van der Waals surface area (Å²) in [6.45, 7) is 21.4. The molecular formula is C32H42N3O+. The monoisotopic (exact) mass is 484 g/mol. The van der Waals surface area contributed by atoms with Gasteiger partial charge in [-0.15, -0.1) is 0 Å². The number of rotatable bonds is 9. The highest BCUT2D eigenvalue weighted by molar-refractivity contribution is 6.03. The van der Waals surface area contributed by atoms with E-state index in [1.54, 1.807) is 0 Å². The molecule has 0 bridgehead atoms. The van der Waals surface area contributed by atoms with Crippen molar-refractivity contribution in [2.24, 2.45) is 0 Å². The summed E-state index contributed by atoms with van der Waals surface area (Å²) in [6, 6.07) is 20.3. The molecule has 0 atom stereocenters. The van der Waals surface area contributed by atoms with Crippen molar-refractivity contribution < 1.29 is 4.42 Å². The predicted molar refractivity (Wildman–Crippen MR) is 156 cm³/mol. The average molecular weight is 485 g/mol. The largest absolute Gasteiger partial charge is 0.456 e. The first-order valence-electron chi connectivity index (χ1n) is 13.7. The van der Waals surface area contributed by atoms with Crippen LogP contribution in [0, 0.1) is 6.92 Å². The van der Waals surface area contributed by atoms with E-state index in [4.69, 9.17) is 4.42 Å². The van der Waals surface area contributed by atoms with E-state index in [-0.39, 0.29) is 0 Å². The molecule has 0 N–H and O–H groups in total. The van der Waals surface area contributed by atoms with E-state index in [9.17, 15) is 0 Å². The van der Waals surface area contributed by atoms with E-state index in [1.165, 1.54) is 33.4 Å². The van der Waals surface area contributed by atoms with E-state index in [0.717, 1.165) is 61.6 Å². The third-order valence-electron chi connectivity index (χ3n) is 7.55. The maximum absolute atomic E-state index is 6.64. The molecule has 4 rings (SSSR count). The van der Waals surface area contributed by atoms with E-state index >= 15 is 0 Å². The van der Waals surface area contributed by atoms with Gasteiger partial charge in [0.15, 0.2) is 0 Å².